The van der Waals surface area contributed by atoms with E-state index in [1.54, 1.807) is 42.5 Å². The molecule has 0 saturated carbocycles. The summed E-state index contributed by atoms with van der Waals surface area (Å²) >= 11 is 1.23. The molecule has 1 aliphatic rings. The molecular formula is C21H19N5O4S. The van der Waals surface area contributed by atoms with Crippen LogP contribution in [-0.4, -0.2) is 39.9 Å². The van der Waals surface area contributed by atoms with Crippen LogP contribution in [0.4, 0.5) is 16.5 Å². The second kappa shape index (κ2) is 9.00. The monoisotopic (exact) mass is 437 g/mol. The number of nitrogens with zero attached hydrogens (tertiary/aromatic N) is 4. The molecule has 1 atom stereocenters. The lowest BCUT2D eigenvalue weighted by molar-refractivity contribution is -0.384. The molecule has 2 aromatic carbocycles. The molecule has 0 bridgehead atoms. The number of aromatic nitrogens is 2. The molecule has 4 rings (SSSR count). The second-order valence-corrected chi connectivity index (χ2v) is 8.01. The van der Waals surface area contributed by atoms with Crippen LogP contribution in [0, 0.1) is 16.0 Å². The number of hydrogen-bond acceptors (Lipinski definition) is 8. The van der Waals surface area contributed by atoms with E-state index in [-0.39, 0.29) is 28.9 Å². The van der Waals surface area contributed by atoms with Gasteiger partial charge in [-0.15, -0.1) is 10.2 Å². The average Bonchev–Trinajstić information content (AvgIpc) is 3.32. The molecule has 0 spiro atoms. The van der Waals surface area contributed by atoms with Gasteiger partial charge in [-0.1, -0.05) is 41.7 Å². The minimum absolute atomic E-state index is 0.146. The summed E-state index contributed by atoms with van der Waals surface area (Å²) in [4.78, 5) is 38.4. The molecule has 1 unspecified atom stereocenters. The smallest absolute Gasteiger partial charge is 0.293 e. The van der Waals surface area contributed by atoms with Crippen molar-refractivity contribution in [2.75, 3.05) is 23.3 Å². The van der Waals surface area contributed by atoms with Crippen molar-refractivity contribution in [3.8, 4) is 0 Å². The zero-order valence-electron chi connectivity index (χ0n) is 16.4. The molecule has 1 amide bonds. The Morgan fingerprint density at radius 3 is 2.68 bits per heavy atom. The summed E-state index contributed by atoms with van der Waals surface area (Å²) < 4.78 is 0. The molecular weight excluding hydrogens is 418 g/mol. The first kappa shape index (κ1) is 20.6. The van der Waals surface area contributed by atoms with Gasteiger partial charge in [0.1, 0.15) is 11.2 Å². The van der Waals surface area contributed by atoms with E-state index in [0.717, 1.165) is 6.42 Å². The van der Waals surface area contributed by atoms with E-state index in [0.29, 0.717) is 35.9 Å². The number of nitro benzene ring substituents is 1. The van der Waals surface area contributed by atoms with Gasteiger partial charge in [0, 0.05) is 30.3 Å². The highest BCUT2D eigenvalue weighted by Gasteiger charge is 2.30. The van der Waals surface area contributed by atoms with E-state index in [2.05, 4.69) is 15.5 Å². The maximum atomic E-state index is 12.7. The second-order valence-electron chi connectivity index (χ2n) is 7.17. The van der Waals surface area contributed by atoms with E-state index >= 15 is 0 Å². The Bertz CT molecular complexity index is 1100. The average molecular weight is 437 g/mol. The third-order valence-corrected chi connectivity index (χ3v) is 5.80. The summed E-state index contributed by atoms with van der Waals surface area (Å²) in [5, 5.41) is 22.5. The van der Waals surface area contributed by atoms with E-state index in [9.17, 15) is 19.7 Å². The number of benzene rings is 2. The number of carbonyl (C=O) groups excluding carboxylic acids is 2. The van der Waals surface area contributed by atoms with Crippen LogP contribution in [0.15, 0.2) is 54.0 Å². The van der Waals surface area contributed by atoms with Gasteiger partial charge in [-0.2, -0.15) is 0 Å². The fourth-order valence-corrected chi connectivity index (χ4v) is 4.13. The highest BCUT2D eigenvalue weighted by Crippen LogP contribution is 2.33. The van der Waals surface area contributed by atoms with Crippen LogP contribution in [0.3, 0.4) is 0 Å². The number of anilines is 2. The lowest BCUT2D eigenvalue weighted by Gasteiger charge is -2.33. The van der Waals surface area contributed by atoms with E-state index in [1.165, 1.54) is 22.9 Å². The summed E-state index contributed by atoms with van der Waals surface area (Å²) in [6, 6.07) is 13.2. The molecule has 0 radical (unpaired) electrons. The van der Waals surface area contributed by atoms with Crippen LogP contribution in [0.2, 0.25) is 0 Å². The Kier molecular flexibility index (Phi) is 5.99. The van der Waals surface area contributed by atoms with Gasteiger partial charge in [-0.3, -0.25) is 19.7 Å². The number of rotatable bonds is 6. The molecule has 31 heavy (non-hydrogen) atoms. The van der Waals surface area contributed by atoms with Crippen molar-refractivity contribution < 1.29 is 14.5 Å². The van der Waals surface area contributed by atoms with E-state index < -0.39 is 4.92 Å². The molecule has 1 aliphatic heterocycles. The normalized spacial score (nSPS) is 16.0. The van der Waals surface area contributed by atoms with Gasteiger partial charge in [0.05, 0.1) is 10.8 Å². The van der Waals surface area contributed by atoms with Crippen molar-refractivity contribution in [3.05, 3.63) is 75.3 Å². The topological polar surface area (TPSA) is 118 Å². The Morgan fingerprint density at radius 1 is 1.16 bits per heavy atom. The highest BCUT2D eigenvalue weighted by molar-refractivity contribution is 7.13. The van der Waals surface area contributed by atoms with Crippen molar-refractivity contribution in [2.24, 2.45) is 5.92 Å². The van der Waals surface area contributed by atoms with Crippen molar-refractivity contribution in [1.29, 1.82) is 0 Å². The summed E-state index contributed by atoms with van der Waals surface area (Å²) in [7, 11) is 0. The number of ketones is 1. The zero-order chi connectivity index (χ0) is 21.8. The van der Waals surface area contributed by atoms with Gasteiger partial charge in [0.2, 0.25) is 11.0 Å². The molecule has 1 saturated heterocycles. The number of nitro groups is 1. The van der Waals surface area contributed by atoms with Crippen LogP contribution in [0.5, 0.6) is 0 Å². The largest absolute Gasteiger partial charge is 0.365 e. The fourth-order valence-electron chi connectivity index (χ4n) is 3.68. The minimum atomic E-state index is -0.484. The predicted molar refractivity (Wildman–Crippen MR) is 116 cm³/mol. The quantitative estimate of drug-likeness (QED) is 0.356. The van der Waals surface area contributed by atoms with Gasteiger partial charge in [0.15, 0.2) is 5.78 Å². The lowest BCUT2D eigenvalue weighted by Crippen LogP contribution is -2.41. The van der Waals surface area contributed by atoms with E-state index in [1.807, 2.05) is 4.90 Å². The Balaban J connectivity index is 1.56. The first-order chi connectivity index (χ1) is 15.0. The third-order valence-electron chi connectivity index (χ3n) is 5.19. The molecule has 2 heterocycles. The summed E-state index contributed by atoms with van der Waals surface area (Å²) in [6.45, 7) is 0.937. The molecule has 1 aromatic heterocycles. The van der Waals surface area contributed by atoms with Crippen molar-refractivity contribution in [3.63, 3.8) is 0 Å². The Hall–Kier alpha value is -3.66. The minimum Gasteiger partial charge on any atom is -0.365 e. The zero-order valence-corrected chi connectivity index (χ0v) is 17.2. The SMILES string of the molecule is O=C(c1ccccc1)c1ccc(N2CCCC(C(=O)Nc3nncs3)C2)c([N+](=O)[O-])c1. The van der Waals surface area contributed by atoms with Crippen LogP contribution >= 0.6 is 11.3 Å². The van der Waals surface area contributed by atoms with Gasteiger partial charge in [-0.25, -0.2) is 0 Å². The van der Waals surface area contributed by atoms with Crippen LogP contribution in [0.25, 0.3) is 0 Å². The first-order valence-corrected chi connectivity index (χ1v) is 10.6. The summed E-state index contributed by atoms with van der Waals surface area (Å²) in [5.74, 6) is -0.786. The van der Waals surface area contributed by atoms with Crippen LogP contribution < -0.4 is 10.2 Å². The maximum Gasteiger partial charge on any atom is 0.293 e. The van der Waals surface area contributed by atoms with Gasteiger partial charge >= 0.3 is 0 Å². The molecule has 1 N–H and O–H groups in total. The Morgan fingerprint density at radius 2 is 1.97 bits per heavy atom. The molecule has 0 aliphatic carbocycles. The van der Waals surface area contributed by atoms with Crippen molar-refractivity contribution >= 4 is 39.5 Å². The van der Waals surface area contributed by atoms with Crippen LogP contribution in [0.1, 0.15) is 28.8 Å². The molecule has 10 heteroatoms. The number of nitrogens with one attached hydrogen (secondary N) is 1. The molecule has 1 fully saturated rings. The van der Waals surface area contributed by atoms with Gasteiger partial charge in [-0.05, 0) is 25.0 Å². The number of hydrogen-bond donors (Lipinski definition) is 1. The Labute approximate surface area is 181 Å². The fraction of sp³-hybridized carbons (Fsp3) is 0.238. The van der Waals surface area contributed by atoms with Gasteiger partial charge in [0.25, 0.3) is 5.69 Å². The third kappa shape index (κ3) is 4.58. The number of carbonyl (C=O) groups is 2. The maximum absolute atomic E-state index is 12.7. The highest BCUT2D eigenvalue weighted by atomic mass is 32.1. The summed E-state index contributed by atoms with van der Waals surface area (Å²) in [5.41, 5.74) is 2.51. The first-order valence-electron chi connectivity index (χ1n) is 9.73. The van der Waals surface area contributed by atoms with Crippen molar-refractivity contribution in [1.82, 2.24) is 10.2 Å². The lowest BCUT2D eigenvalue weighted by atomic mass is 9.96. The van der Waals surface area contributed by atoms with Gasteiger partial charge < -0.3 is 10.2 Å². The number of piperidine rings is 1. The number of amides is 1. The molecule has 158 valence electrons. The van der Waals surface area contributed by atoms with E-state index in [4.69, 9.17) is 0 Å². The van der Waals surface area contributed by atoms with Crippen LogP contribution in [-0.2, 0) is 4.79 Å². The standard InChI is InChI=1S/C21H19N5O4S/c27-19(14-5-2-1-3-6-14)15-8-9-17(18(11-15)26(29)30)25-10-4-7-16(12-25)20(28)23-21-24-22-13-31-21/h1-3,5-6,8-9,11,13,16H,4,7,10,12H2,(H,23,24,28). The predicted octanol–water partition coefficient (Wildman–Crippen LogP) is 3.53. The molecule has 3 aromatic rings. The van der Waals surface area contributed by atoms with Crippen molar-refractivity contribution in [2.45, 2.75) is 12.8 Å². The molecule has 9 nitrogen and oxygen atoms in total. The summed E-state index contributed by atoms with van der Waals surface area (Å²) in [6.07, 6.45) is 1.40.